The Balaban J connectivity index is 2.88. The molecular weight excluding hydrogens is 318 g/mol. The van der Waals surface area contributed by atoms with Crippen molar-refractivity contribution in [2.45, 2.75) is 26.3 Å². The first kappa shape index (κ1) is 19.9. The van der Waals surface area contributed by atoms with Gasteiger partial charge in [-0.3, -0.25) is 4.99 Å². The van der Waals surface area contributed by atoms with Crippen molar-refractivity contribution in [2.75, 3.05) is 14.1 Å². The lowest BCUT2D eigenvalue weighted by Crippen LogP contribution is -2.21. The molecule has 3 nitrogen and oxygen atoms in total. The Morgan fingerprint density at radius 1 is 1.42 bits per heavy atom. The van der Waals surface area contributed by atoms with E-state index in [9.17, 15) is 0 Å². The topological polar surface area (TPSA) is 27.6 Å². The highest BCUT2D eigenvalue weighted by Crippen LogP contribution is 2.15. The summed E-state index contributed by atoms with van der Waals surface area (Å²) in [6.45, 7) is 9.89. The Kier molecular flexibility index (Phi) is 8.15. The van der Waals surface area contributed by atoms with Gasteiger partial charge in [-0.15, -0.1) is 0 Å². The van der Waals surface area contributed by atoms with Crippen LogP contribution in [0.3, 0.4) is 0 Å². The Labute approximate surface area is 151 Å². The minimum Gasteiger partial charge on any atom is -0.378 e. The van der Waals surface area contributed by atoms with Crippen LogP contribution in [0.25, 0.3) is 0 Å². The van der Waals surface area contributed by atoms with E-state index in [1.807, 2.05) is 76.2 Å². The average Bonchev–Trinajstić information content (AvgIpc) is 2.56. The molecule has 0 saturated carbocycles. The maximum Gasteiger partial charge on any atom is 0.131 e. The predicted molar refractivity (Wildman–Crippen MR) is 106 cm³/mol. The second kappa shape index (κ2) is 9.85. The van der Waals surface area contributed by atoms with E-state index in [4.69, 9.17) is 11.6 Å². The second-order valence-electron chi connectivity index (χ2n) is 5.75. The molecule has 0 aromatic carbocycles. The first-order valence-electron chi connectivity index (χ1n) is 7.90. The van der Waals surface area contributed by atoms with E-state index in [1.54, 1.807) is 0 Å². The number of nitrogens with one attached hydrogen (secondary N) is 1. The zero-order chi connectivity index (χ0) is 18.1. The molecule has 24 heavy (non-hydrogen) atoms. The van der Waals surface area contributed by atoms with Gasteiger partial charge in [0.25, 0.3) is 0 Å². The van der Waals surface area contributed by atoms with Gasteiger partial charge < -0.3 is 10.2 Å². The van der Waals surface area contributed by atoms with Gasteiger partial charge in [-0.2, -0.15) is 0 Å². The van der Waals surface area contributed by atoms with E-state index in [2.05, 4.69) is 28.7 Å². The van der Waals surface area contributed by atoms with Gasteiger partial charge in [-0.25, -0.2) is 0 Å². The van der Waals surface area contributed by atoms with Crippen LogP contribution < -0.4 is 5.32 Å². The Bertz CT molecular complexity index is 667. The third kappa shape index (κ3) is 6.93. The highest BCUT2D eigenvalue weighted by molar-refractivity contribution is 6.21. The van der Waals surface area contributed by atoms with Crippen LogP contribution in [0.15, 0.2) is 65.0 Å². The molecule has 1 rings (SSSR count). The zero-order valence-electron chi connectivity index (χ0n) is 15.1. The summed E-state index contributed by atoms with van der Waals surface area (Å²) in [4.78, 5) is 6.44. The van der Waals surface area contributed by atoms with Crippen molar-refractivity contribution >= 4 is 17.4 Å². The lowest BCUT2D eigenvalue weighted by Gasteiger charge is -2.12. The standard InChI is InChI=1S/C20H26ClN3/c1-7-19(24(5)6)14-12-15(2)11-13-18-10-8-9-16(3)20(21)23-17(4)22-18/h7-10,12,14,16,20H,2H2,1,3-6H3,(H,22,23)/b9-8+,14-12-,18-10-,19-7+. The van der Waals surface area contributed by atoms with Gasteiger partial charge in [-0.05, 0) is 38.0 Å². The number of likely N-dealkylation sites (N-methyl/N-ethyl adjacent to an activating group) is 1. The molecule has 0 bridgehead atoms. The molecule has 1 N–H and O–H groups in total. The van der Waals surface area contributed by atoms with E-state index in [0.29, 0.717) is 0 Å². The lowest BCUT2D eigenvalue weighted by atomic mass is 10.1. The zero-order valence-corrected chi connectivity index (χ0v) is 15.9. The highest BCUT2D eigenvalue weighted by atomic mass is 35.5. The van der Waals surface area contributed by atoms with Crippen molar-refractivity contribution in [3.8, 4) is 11.8 Å². The molecule has 0 saturated heterocycles. The monoisotopic (exact) mass is 343 g/mol. The van der Waals surface area contributed by atoms with Gasteiger partial charge in [0.2, 0.25) is 0 Å². The number of allylic oxidation sites excluding steroid dienone is 7. The molecule has 0 aliphatic carbocycles. The van der Waals surface area contributed by atoms with Gasteiger partial charge in [0.05, 0.1) is 11.5 Å². The van der Waals surface area contributed by atoms with Crippen LogP contribution in [0.4, 0.5) is 0 Å². The van der Waals surface area contributed by atoms with Crippen molar-refractivity contribution < 1.29 is 0 Å². The number of hydrogen-bond acceptors (Lipinski definition) is 3. The van der Waals surface area contributed by atoms with E-state index >= 15 is 0 Å². The molecule has 0 aromatic heterocycles. The van der Waals surface area contributed by atoms with E-state index in [-0.39, 0.29) is 11.4 Å². The SMILES string of the molecule is C=C(C#C/C1=C/C=C/C(C)C(Cl)/N=C(\C)N1)/C=C\C(=C/C)N(C)C. The number of hydrogen-bond donors (Lipinski definition) is 1. The molecule has 0 fully saturated rings. The van der Waals surface area contributed by atoms with Crippen LogP contribution in [0.1, 0.15) is 20.8 Å². The van der Waals surface area contributed by atoms with Crippen molar-refractivity contribution in [2.24, 2.45) is 10.9 Å². The van der Waals surface area contributed by atoms with Gasteiger partial charge in [0, 0.05) is 31.3 Å². The summed E-state index contributed by atoms with van der Waals surface area (Å²) in [6, 6.07) is 0. The Hall–Kier alpha value is -2.18. The molecule has 4 heteroatoms. The van der Waals surface area contributed by atoms with Crippen molar-refractivity contribution in [1.29, 1.82) is 0 Å². The molecule has 128 valence electrons. The summed E-state index contributed by atoms with van der Waals surface area (Å²) in [5, 5.41) is 3.18. The number of alkyl halides is 1. The summed E-state index contributed by atoms with van der Waals surface area (Å²) in [5.74, 6) is 7.05. The smallest absolute Gasteiger partial charge is 0.131 e. The number of amidine groups is 1. The summed E-state index contributed by atoms with van der Waals surface area (Å²) in [5.41, 5.74) is 2.32. The molecular formula is C20H26ClN3. The normalized spacial score (nSPS) is 27.2. The second-order valence-corrected chi connectivity index (χ2v) is 6.20. The fourth-order valence-electron chi connectivity index (χ4n) is 1.94. The van der Waals surface area contributed by atoms with Gasteiger partial charge >= 0.3 is 0 Å². The lowest BCUT2D eigenvalue weighted by molar-refractivity contribution is 0.529. The number of rotatable bonds is 3. The maximum absolute atomic E-state index is 6.23. The summed E-state index contributed by atoms with van der Waals surface area (Å²) < 4.78 is 0. The van der Waals surface area contributed by atoms with Crippen LogP contribution in [-0.2, 0) is 0 Å². The molecule has 0 radical (unpaired) electrons. The molecule has 2 unspecified atom stereocenters. The number of aliphatic imine (C=N–C) groups is 1. The van der Waals surface area contributed by atoms with Crippen LogP contribution in [0.5, 0.6) is 0 Å². The van der Waals surface area contributed by atoms with E-state index in [1.165, 1.54) is 0 Å². The molecule has 1 heterocycles. The van der Waals surface area contributed by atoms with Gasteiger partial charge in [0.15, 0.2) is 0 Å². The predicted octanol–water partition coefficient (Wildman–Crippen LogP) is 4.23. The third-order valence-electron chi connectivity index (χ3n) is 3.37. The minimum atomic E-state index is -0.280. The summed E-state index contributed by atoms with van der Waals surface area (Å²) in [6.07, 6.45) is 11.8. The first-order valence-corrected chi connectivity index (χ1v) is 8.33. The first-order chi connectivity index (χ1) is 11.3. The molecule has 1 aliphatic heterocycles. The quantitative estimate of drug-likeness (QED) is 0.359. The van der Waals surface area contributed by atoms with Gasteiger partial charge in [-0.1, -0.05) is 49.3 Å². The van der Waals surface area contributed by atoms with Crippen LogP contribution in [-0.4, -0.2) is 30.3 Å². The number of halogens is 1. The molecule has 1 aliphatic rings. The van der Waals surface area contributed by atoms with E-state index < -0.39 is 0 Å². The summed E-state index contributed by atoms with van der Waals surface area (Å²) in [7, 11) is 4.00. The van der Waals surface area contributed by atoms with Crippen LogP contribution in [0, 0.1) is 17.8 Å². The Morgan fingerprint density at radius 3 is 2.75 bits per heavy atom. The largest absolute Gasteiger partial charge is 0.378 e. The maximum atomic E-state index is 6.23. The van der Waals surface area contributed by atoms with Crippen molar-refractivity contribution in [1.82, 2.24) is 10.2 Å². The molecule has 0 amide bonds. The molecule has 2 atom stereocenters. The average molecular weight is 344 g/mol. The highest BCUT2D eigenvalue weighted by Gasteiger charge is 2.11. The molecule has 0 aromatic rings. The van der Waals surface area contributed by atoms with Crippen molar-refractivity contribution in [3.05, 3.63) is 60.0 Å². The summed E-state index contributed by atoms with van der Waals surface area (Å²) >= 11 is 6.23. The van der Waals surface area contributed by atoms with E-state index in [0.717, 1.165) is 22.8 Å². The minimum absolute atomic E-state index is 0.162. The third-order valence-corrected chi connectivity index (χ3v) is 3.86. The van der Waals surface area contributed by atoms with Crippen LogP contribution in [0.2, 0.25) is 0 Å². The fourth-order valence-corrected chi connectivity index (χ4v) is 2.17. The van der Waals surface area contributed by atoms with Gasteiger partial charge in [0.1, 0.15) is 5.50 Å². The molecule has 0 spiro atoms. The Morgan fingerprint density at radius 2 is 2.12 bits per heavy atom. The van der Waals surface area contributed by atoms with Crippen LogP contribution >= 0.6 is 11.6 Å². The number of nitrogens with zero attached hydrogens (tertiary/aromatic N) is 2. The van der Waals surface area contributed by atoms with Crippen molar-refractivity contribution in [3.63, 3.8) is 0 Å². The fraction of sp³-hybridized carbons (Fsp3) is 0.350.